The molecule has 182 valence electrons. The Bertz CT molecular complexity index is 1180. The van der Waals surface area contributed by atoms with Crippen LogP contribution in [0.3, 0.4) is 0 Å². The van der Waals surface area contributed by atoms with Crippen LogP contribution >= 0.6 is 0 Å². The summed E-state index contributed by atoms with van der Waals surface area (Å²) >= 11 is 0. The van der Waals surface area contributed by atoms with Gasteiger partial charge in [0.2, 0.25) is 0 Å². The number of ether oxygens (including phenoxy) is 1. The molecule has 1 fully saturated rings. The van der Waals surface area contributed by atoms with Gasteiger partial charge in [0, 0.05) is 38.4 Å². The molecule has 0 bridgehead atoms. The highest BCUT2D eigenvalue weighted by Gasteiger charge is 2.31. The number of aromatic nitrogens is 2. The molecular formula is C28H32N4O3. The quantitative estimate of drug-likeness (QED) is 0.471. The number of esters is 1. The molecule has 0 N–H and O–H groups in total. The third kappa shape index (κ3) is 5.85. The first-order valence-electron chi connectivity index (χ1n) is 12.1. The van der Waals surface area contributed by atoms with Crippen LogP contribution in [-0.4, -0.2) is 53.5 Å². The highest BCUT2D eigenvalue weighted by molar-refractivity contribution is 5.99. The largest absolute Gasteiger partial charge is 0.466 e. The summed E-state index contributed by atoms with van der Waals surface area (Å²) in [5.41, 5.74) is 3.57. The highest BCUT2D eigenvalue weighted by atomic mass is 16.5. The second-order valence-corrected chi connectivity index (χ2v) is 8.98. The van der Waals surface area contributed by atoms with Crippen LogP contribution in [0.1, 0.15) is 41.3 Å². The van der Waals surface area contributed by atoms with Gasteiger partial charge in [-0.2, -0.15) is 0 Å². The molecular weight excluding hydrogens is 440 g/mol. The summed E-state index contributed by atoms with van der Waals surface area (Å²) in [7, 11) is 1.93. The fourth-order valence-electron chi connectivity index (χ4n) is 4.45. The lowest BCUT2D eigenvalue weighted by Gasteiger charge is -2.32. The second kappa shape index (κ2) is 11.1. The Labute approximate surface area is 206 Å². The van der Waals surface area contributed by atoms with Crippen molar-refractivity contribution >= 4 is 17.7 Å². The summed E-state index contributed by atoms with van der Waals surface area (Å²) in [6, 6.07) is 18.1. The zero-order chi connectivity index (χ0) is 24.8. The molecule has 3 aromatic rings. The molecule has 0 aliphatic carbocycles. The summed E-state index contributed by atoms with van der Waals surface area (Å²) < 4.78 is 5.21. The van der Waals surface area contributed by atoms with Crippen molar-refractivity contribution in [3.05, 3.63) is 77.5 Å². The number of hydrogen-bond acceptors (Lipinski definition) is 6. The molecule has 1 aromatic heterocycles. The van der Waals surface area contributed by atoms with Gasteiger partial charge in [0.25, 0.3) is 5.91 Å². The van der Waals surface area contributed by atoms with Crippen molar-refractivity contribution in [1.29, 1.82) is 0 Å². The molecule has 2 aromatic carbocycles. The van der Waals surface area contributed by atoms with Crippen molar-refractivity contribution in [2.24, 2.45) is 5.92 Å². The van der Waals surface area contributed by atoms with E-state index in [1.807, 2.05) is 61.3 Å². The number of aryl methyl sites for hydroxylation is 1. The second-order valence-electron chi connectivity index (χ2n) is 8.98. The Morgan fingerprint density at radius 1 is 1.14 bits per heavy atom. The van der Waals surface area contributed by atoms with Crippen molar-refractivity contribution in [2.45, 2.75) is 33.2 Å². The topological polar surface area (TPSA) is 75.6 Å². The number of amides is 1. The van der Waals surface area contributed by atoms with E-state index in [1.54, 1.807) is 18.0 Å². The van der Waals surface area contributed by atoms with Gasteiger partial charge in [-0.1, -0.05) is 54.1 Å². The van der Waals surface area contributed by atoms with E-state index in [9.17, 15) is 9.59 Å². The number of hydrogen-bond donors (Lipinski definition) is 0. The number of piperidine rings is 1. The number of benzene rings is 2. The number of nitrogens with zero attached hydrogens (tertiary/aromatic N) is 4. The summed E-state index contributed by atoms with van der Waals surface area (Å²) in [5.74, 6) is 0.444. The van der Waals surface area contributed by atoms with Gasteiger partial charge in [0.1, 0.15) is 11.4 Å². The first-order chi connectivity index (χ1) is 17.0. The maximum atomic E-state index is 13.7. The number of carbonyl (C=O) groups is 2. The average molecular weight is 473 g/mol. The van der Waals surface area contributed by atoms with Crippen LogP contribution in [0.4, 0.5) is 5.82 Å². The van der Waals surface area contributed by atoms with Crippen molar-refractivity contribution < 1.29 is 14.3 Å². The van der Waals surface area contributed by atoms with Gasteiger partial charge in [-0.25, -0.2) is 9.97 Å². The number of carbonyl (C=O) groups excluding carboxylic acids is 2. The standard InChI is InChI=1S/C28H32N4O3/c1-4-35-28(34)23-14-9-15-32(19-23)27(33)24-17-29-25(22-13-8-10-20(2)16-22)30-26(24)31(3)18-21-11-6-5-7-12-21/h5-8,10-13,16-17,23H,4,9,14-15,18-19H2,1-3H3. The summed E-state index contributed by atoms with van der Waals surface area (Å²) in [4.78, 5) is 39.1. The zero-order valence-electron chi connectivity index (χ0n) is 20.6. The van der Waals surface area contributed by atoms with Gasteiger partial charge in [0.15, 0.2) is 5.82 Å². The highest BCUT2D eigenvalue weighted by Crippen LogP contribution is 2.27. The van der Waals surface area contributed by atoms with Crippen molar-refractivity contribution in [3.63, 3.8) is 0 Å². The lowest BCUT2D eigenvalue weighted by molar-refractivity contribution is -0.149. The van der Waals surface area contributed by atoms with Crippen LogP contribution in [0.15, 0.2) is 60.8 Å². The normalized spacial score (nSPS) is 15.5. The minimum absolute atomic E-state index is 0.162. The molecule has 1 saturated heterocycles. The van der Waals surface area contributed by atoms with Gasteiger partial charge >= 0.3 is 5.97 Å². The minimum Gasteiger partial charge on any atom is -0.466 e. The molecule has 1 atom stereocenters. The number of rotatable bonds is 7. The molecule has 4 rings (SSSR count). The van der Waals surface area contributed by atoms with E-state index in [4.69, 9.17) is 9.72 Å². The fourth-order valence-corrected chi connectivity index (χ4v) is 4.45. The van der Waals surface area contributed by atoms with Crippen LogP contribution < -0.4 is 4.90 Å². The molecule has 1 unspecified atom stereocenters. The van der Waals surface area contributed by atoms with E-state index in [2.05, 4.69) is 17.1 Å². The Balaban J connectivity index is 1.67. The Morgan fingerprint density at radius 2 is 1.94 bits per heavy atom. The molecule has 1 aliphatic heterocycles. The van der Waals surface area contributed by atoms with Gasteiger partial charge in [0.05, 0.1) is 12.5 Å². The molecule has 7 nitrogen and oxygen atoms in total. The first-order valence-corrected chi connectivity index (χ1v) is 12.1. The first kappa shape index (κ1) is 24.4. The zero-order valence-corrected chi connectivity index (χ0v) is 20.6. The van der Waals surface area contributed by atoms with Crippen LogP contribution in [0.5, 0.6) is 0 Å². The smallest absolute Gasteiger partial charge is 0.310 e. The Kier molecular flexibility index (Phi) is 7.75. The Morgan fingerprint density at radius 3 is 2.69 bits per heavy atom. The molecule has 0 spiro atoms. The van der Waals surface area contributed by atoms with E-state index in [-0.39, 0.29) is 17.8 Å². The van der Waals surface area contributed by atoms with Crippen molar-refractivity contribution in [2.75, 3.05) is 31.6 Å². The third-order valence-electron chi connectivity index (χ3n) is 6.23. The van der Waals surface area contributed by atoms with Crippen LogP contribution in [0.2, 0.25) is 0 Å². The maximum Gasteiger partial charge on any atom is 0.310 e. The lowest BCUT2D eigenvalue weighted by atomic mass is 9.97. The predicted molar refractivity (Wildman–Crippen MR) is 136 cm³/mol. The fraction of sp³-hybridized carbons (Fsp3) is 0.357. The van der Waals surface area contributed by atoms with E-state index >= 15 is 0 Å². The van der Waals surface area contributed by atoms with Crippen LogP contribution in [0, 0.1) is 12.8 Å². The van der Waals surface area contributed by atoms with Gasteiger partial charge in [-0.15, -0.1) is 0 Å². The summed E-state index contributed by atoms with van der Waals surface area (Å²) in [6.45, 7) is 5.70. The molecule has 35 heavy (non-hydrogen) atoms. The number of likely N-dealkylation sites (tertiary alicyclic amines) is 1. The van der Waals surface area contributed by atoms with Crippen molar-refractivity contribution in [3.8, 4) is 11.4 Å². The van der Waals surface area contributed by atoms with E-state index in [0.29, 0.717) is 43.4 Å². The maximum absolute atomic E-state index is 13.7. The minimum atomic E-state index is -0.300. The molecule has 2 heterocycles. The molecule has 1 amide bonds. The summed E-state index contributed by atoms with van der Waals surface area (Å²) in [5, 5.41) is 0. The van der Waals surface area contributed by atoms with Gasteiger partial charge in [-0.3, -0.25) is 9.59 Å². The molecule has 0 radical (unpaired) electrons. The van der Waals surface area contributed by atoms with Crippen LogP contribution in [-0.2, 0) is 16.1 Å². The van der Waals surface area contributed by atoms with Gasteiger partial charge < -0.3 is 14.5 Å². The summed E-state index contributed by atoms with van der Waals surface area (Å²) in [6.07, 6.45) is 3.11. The molecule has 1 aliphatic rings. The van der Waals surface area contributed by atoms with Crippen molar-refractivity contribution in [1.82, 2.24) is 14.9 Å². The third-order valence-corrected chi connectivity index (χ3v) is 6.23. The SMILES string of the molecule is CCOC(=O)C1CCCN(C(=O)c2cnc(-c3cccc(C)c3)nc2N(C)Cc2ccccc2)C1. The van der Waals surface area contributed by atoms with E-state index < -0.39 is 0 Å². The van der Waals surface area contributed by atoms with E-state index in [1.165, 1.54) is 0 Å². The lowest BCUT2D eigenvalue weighted by Crippen LogP contribution is -2.43. The van der Waals surface area contributed by atoms with Gasteiger partial charge in [-0.05, 0) is 38.3 Å². The number of anilines is 1. The Hall–Kier alpha value is -3.74. The van der Waals surface area contributed by atoms with E-state index in [0.717, 1.165) is 29.5 Å². The molecule has 0 saturated carbocycles. The predicted octanol–water partition coefficient (Wildman–Crippen LogP) is 4.50. The molecule has 7 heteroatoms. The monoisotopic (exact) mass is 472 g/mol. The van der Waals surface area contributed by atoms with Crippen LogP contribution in [0.25, 0.3) is 11.4 Å². The average Bonchev–Trinajstić information content (AvgIpc) is 2.88.